The van der Waals surface area contributed by atoms with Crippen LogP contribution in [-0.2, 0) is 36.3 Å². The Morgan fingerprint density at radius 2 is 0.890 bits per heavy atom. The van der Waals surface area contributed by atoms with Gasteiger partial charge in [-0.1, -0.05) is 67.1 Å². The van der Waals surface area contributed by atoms with Gasteiger partial charge >= 0.3 is 12.4 Å². The van der Waals surface area contributed by atoms with Gasteiger partial charge < -0.3 is 42.4 Å². The molecule has 19 heteroatoms. The Hall–Kier alpha value is -8.26. The first-order chi connectivity index (χ1) is 39.3. The lowest BCUT2D eigenvalue weighted by Gasteiger charge is -2.27. The molecule has 2 aliphatic heterocycles. The van der Waals surface area contributed by atoms with Crippen molar-refractivity contribution in [1.29, 1.82) is 0 Å². The van der Waals surface area contributed by atoms with Crippen LogP contribution >= 0.6 is 0 Å². The topological polar surface area (TPSA) is 184 Å². The highest BCUT2D eigenvalue weighted by atomic mass is 19.4. The number of hydrogen-bond donors (Lipinski definition) is 6. The number of carbonyl (C=O) groups is 4. The molecule has 6 aromatic carbocycles. The van der Waals surface area contributed by atoms with Gasteiger partial charge in [0.05, 0.1) is 58.9 Å². The Morgan fingerprint density at radius 3 is 1.28 bits per heavy atom. The molecular weight excluding hydrogens is 1060 g/mol. The number of amides is 4. The summed E-state index contributed by atoms with van der Waals surface area (Å²) in [4.78, 5) is 58.6. The smallest absolute Gasteiger partial charge is 0.397 e. The van der Waals surface area contributed by atoms with E-state index in [-0.39, 0.29) is 23.2 Å². The summed E-state index contributed by atoms with van der Waals surface area (Å²) in [6.45, 7) is 6.47. The number of nitrogens with one attached hydrogen (secondary N) is 4. The summed E-state index contributed by atoms with van der Waals surface area (Å²) >= 11 is 0. The number of benzene rings is 6. The highest BCUT2D eigenvalue weighted by Crippen LogP contribution is 2.35. The van der Waals surface area contributed by atoms with Gasteiger partial charge in [-0.15, -0.1) is 0 Å². The fraction of sp³-hybridized carbons (Fsp3) is 0.302. The zero-order valence-corrected chi connectivity index (χ0v) is 45.1. The van der Waals surface area contributed by atoms with Crippen molar-refractivity contribution in [2.45, 2.75) is 69.1 Å². The van der Waals surface area contributed by atoms with E-state index in [1.54, 1.807) is 84.9 Å². The third-order valence-corrected chi connectivity index (χ3v) is 14.6. The van der Waals surface area contributed by atoms with E-state index >= 15 is 0 Å². The second kappa shape index (κ2) is 27.9. The van der Waals surface area contributed by atoms with Crippen molar-refractivity contribution in [3.05, 3.63) is 179 Å². The maximum atomic E-state index is 13.7. The maximum Gasteiger partial charge on any atom is 0.416 e. The molecule has 0 spiro atoms. The predicted octanol–water partition coefficient (Wildman–Crippen LogP) is 12.7. The number of nitrogen functional groups attached to an aromatic ring is 2. The molecule has 2 heterocycles. The van der Waals surface area contributed by atoms with Crippen LogP contribution in [0.2, 0.25) is 0 Å². The van der Waals surface area contributed by atoms with Crippen LogP contribution in [0.4, 0.5) is 60.5 Å². The van der Waals surface area contributed by atoms with E-state index in [0.29, 0.717) is 83.0 Å². The van der Waals surface area contributed by atoms with Gasteiger partial charge in [-0.25, -0.2) is 0 Å². The van der Waals surface area contributed by atoms with Crippen LogP contribution in [0.15, 0.2) is 146 Å². The van der Waals surface area contributed by atoms with Crippen molar-refractivity contribution < 1.29 is 50.3 Å². The van der Waals surface area contributed by atoms with E-state index in [2.05, 4.69) is 31.1 Å². The SMILES string of the molecule is Nc1ccc(-c2ccc(N)c(NC(=O)/C=C/c3ccc(C(CCCN4CCOCC4)C(=O)Nc4ccc(C(F)(F)F)cc4)cc3)c2)cc1NC(=O)/C=C/c1ccc(C(CCCN2CCCCC2)C(=O)Nc2ccc(C(F)(F)F)cc2)cc1. The summed E-state index contributed by atoms with van der Waals surface area (Å²) in [6.07, 6.45) is 2.86. The van der Waals surface area contributed by atoms with Crippen molar-refractivity contribution >= 4 is 69.9 Å². The van der Waals surface area contributed by atoms with Gasteiger partial charge in [-0.05, 0) is 183 Å². The summed E-state index contributed by atoms with van der Waals surface area (Å²) < 4.78 is 84.6. The number of halogens is 6. The Kier molecular flexibility index (Phi) is 20.4. The van der Waals surface area contributed by atoms with E-state index in [0.717, 1.165) is 88.4 Å². The summed E-state index contributed by atoms with van der Waals surface area (Å²) in [7, 11) is 0. The summed E-state index contributed by atoms with van der Waals surface area (Å²) in [5.74, 6) is -2.80. The largest absolute Gasteiger partial charge is 0.416 e. The van der Waals surface area contributed by atoms with E-state index in [1.807, 2.05) is 12.1 Å². The molecule has 2 unspecified atom stereocenters. The number of carbonyl (C=O) groups excluding carboxylic acids is 4. The number of rotatable bonds is 21. The summed E-state index contributed by atoms with van der Waals surface area (Å²) in [5.41, 5.74) is 16.9. The van der Waals surface area contributed by atoms with E-state index in [4.69, 9.17) is 16.2 Å². The predicted molar refractivity (Wildman–Crippen MR) is 311 cm³/mol. The fourth-order valence-electron chi connectivity index (χ4n) is 9.95. The van der Waals surface area contributed by atoms with E-state index in [1.165, 1.54) is 42.8 Å². The average Bonchev–Trinajstić information content (AvgIpc) is 3.65. The zero-order chi connectivity index (χ0) is 58.2. The normalized spacial score (nSPS) is 15.2. The lowest BCUT2D eigenvalue weighted by atomic mass is 9.92. The Balaban J connectivity index is 0.874. The second-order valence-corrected chi connectivity index (χ2v) is 20.5. The Bertz CT molecular complexity index is 2980. The number of nitrogens with zero attached hydrogens (tertiary/aromatic N) is 2. The molecule has 0 bridgehead atoms. The number of ether oxygens (including phenoxy) is 1. The molecule has 2 fully saturated rings. The minimum absolute atomic E-state index is 0.249. The van der Waals surface area contributed by atoms with Crippen LogP contribution in [0.1, 0.15) is 90.2 Å². The van der Waals surface area contributed by atoms with Gasteiger partial charge in [-0.3, -0.25) is 24.1 Å². The molecule has 0 radical (unpaired) electrons. The number of hydrogen-bond acceptors (Lipinski definition) is 9. The lowest BCUT2D eigenvalue weighted by molar-refractivity contribution is -0.138. The highest BCUT2D eigenvalue weighted by molar-refractivity contribution is 6.05. The molecule has 0 aliphatic carbocycles. The van der Waals surface area contributed by atoms with Crippen LogP contribution in [0.5, 0.6) is 0 Å². The summed E-state index contributed by atoms with van der Waals surface area (Å²) in [5, 5.41) is 11.2. The van der Waals surface area contributed by atoms with Gasteiger partial charge in [0.25, 0.3) is 0 Å². The number of piperidine rings is 1. The van der Waals surface area contributed by atoms with Gasteiger partial charge in [0.1, 0.15) is 0 Å². The Morgan fingerprint density at radius 1 is 0.500 bits per heavy atom. The molecule has 4 amide bonds. The number of morpholine rings is 1. The van der Waals surface area contributed by atoms with E-state index < -0.39 is 47.1 Å². The van der Waals surface area contributed by atoms with Crippen LogP contribution in [-0.4, -0.2) is 85.9 Å². The van der Waals surface area contributed by atoms with Crippen molar-refractivity contribution in [2.75, 3.05) is 85.2 Å². The molecule has 8 rings (SSSR count). The Labute approximate surface area is 472 Å². The number of likely N-dealkylation sites (tertiary alicyclic amines) is 1. The highest BCUT2D eigenvalue weighted by Gasteiger charge is 2.32. The monoisotopic (exact) mass is 1130 g/mol. The molecule has 430 valence electrons. The minimum atomic E-state index is -4.50. The van der Waals surface area contributed by atoms with Crippen LogP contribution < -0.4 is 32.7 Å². The first kappa shape index (κ1) is 59.9. The first-order valence-corrected chi connectivity index (χ1v) is 27.3. The third-order valence-electron chi connectivity index (χ3n) is 14.6. The van der Waals surface area contributed by atoms with Crippen LogP contribution in [0, 0.1) is 0 Å². The molecule has 2 atom stereocenters. The molecule has 0 saturated carbocycles. The third kappa shape index (κ3) is 17.4. The number of alkyl halides is 6. The van der Waals surface area contributed by atoms with Gasteiger partial charge in [0.2, 0.25) is 23.6 Å². The fourth-order valence-corrected chi connectivity index (χ4v) is 9.95. The quantitative estimate of drug-likeness (QED) is 0.0232. The summed E-state index contributed by atoms with van der Waals surface area (Å²) in [6, 6.07) is 33.2. The number of nitrogens with two attached hydrogens (primary N) is 2. The molecule has 0 aromatic heterocycles. The van der Waals surface area contributed by atoms with Gasteiger partial charge in [0, 0.05) is 36.6 Å². The minimum Gasteiger partial charge on any atom is -0.397 e. The standard InChI is InChI=1S/C63H66F6N8O5/c64-62(65,66)48-20-24-50(25-21-48)72-60(80)52(6-4-34-76-32-2-1-3-33-76)44-14-8-42(9-15-44)12-30-58(78)74-56-40-46(18-28-54(56)70)47-19-29-55(71)57(41-47)75-59(79)31-13-43-10-16-45(17-11-43)53(7-5-35-77-36-38-82-39-37-77)61(81)73-51-26-22-49(23-27-51)63(67,68)69/h8-31,40-41,52-53H,1-7,32-39,70-71H2,(H,72,80)(H,73,81)(H,74,78)(H,75,79)/b30-12+,31-13+. The van der Waals surface area contributed by atoms with Crippen molar-refractivity contribution in [1.82, 2.24) is 9.80 Å². The molecule has 82 heavy (non-hydrogen) atoms. The zero-order valence-electron chi connectivity index (χ0n) is 45.1. The van der Waals surface area contributed by atoms with Crippen LogP contribution in [0.25, 0.3) is 23.3 Å². The van der Waals surface area contributed by atoms with Crippen molar-refractivity contribution in [3.8, 4) is 11.1 Å². The molecule has 6 aromatic rings. The van der Waals surface area contributed by atoms with Gasteiger partial charge in [-0.2, -0.15) is 26.3 Å². The molecule has 2 aliphatic rings. The number of anilines is 6. The average molecular weight is 1130 g/mol. The lowest BCUT2D eigenvalue weighted by Crippen LogP contribution is -2.37. The maximum absolute atomic E-state index is 13.7. The molecular formula is C63H66F6N8O5. The molecule has 8 N–H and O–H groups in total. The van der Waals surface area contributed by atoms with E-state index in [9.17, 15) is 45.5 Å². The van der Waals surface area contributed by atoms with Crippen LogP contribution in [0.3, 0.4) is 0 Å². The molecule has 13 nitrogen and oxygen atoms in total. The second-order valence-electron chi connectivity index (χ2n) is 20.5. The first-order valence-electron chi connectivity index (χ1n) is 27.3. The van der Waals surface area contributed by atoms with Crippen molar-refractivity contribution in [3.63, 3.8) is 0 Å². The molecule has 2 saturated heterocycles. The van der Waals surface area contributed by atoms with Gasteiger partial charge in [0.15, 0.2) is 0 Å². The van der Waals surface area contributed by atoms with Crippen molar-refractivity contribution in [2.24, 2.45) is 0 Å².